The maximum Gasteiger partial charge on any atom is 0.303 e. The van der Waals surface area contributed by atoms with Gasteiger partial charge in [0.05, 0.1) is 25.5 Å². The van der Waals surface area contributed by atoms with E-state index in [1.807, 2.05) is 27.7 Å². The van der Waals surface area contributed by atoms with Crippen LogP contribution in [-0.2, 0) is 28.7 Å². The monoisotopic (exact) mass is 738 g/mol. The van der Waals surface area contributed by atoms with Crippen LogP contribution in [0.5, 0.6) is 0 Å². The third kappa shape index (κ3) is 10.2. The van der Waals surface area contributed by atoms with Crippen molar-refractivity contribution in [2.75, 3.05) is 26.3 Å². The van der Waals surface area contributed by atoms with Crippen LogP contribution in [0.25, 0.3) is 0 Å². The van der Waals surface area contributed by atoms with Crippen molar-refractivity contribution in [1.29, 1.82) is 0 Å². The lowest BCUT2D eigenvalue weighted by molar-refractivity contribution is -0.148. The highest BCUT2D eigenvalue weighted by Crippen LogP contribution is 2.41. The number of morpholine rings is 1. The Hall–Kier alpha value is -3.98. The van der Waals surface area contributed by atoms with Crippen LogP contribution in [0.15, 0.2) is 18.6 Å². The summed E-state index contributed by atoms with van der Waals surface area (Å²) in [4.78, 5) is 92.8. The summed E-state index contributed by atoms with van der Waals surface area (Å²) in [7, 11) is 0. The van der Waals surface area contributed by atoms with E-state index in [1.165, 1.54) is 18.6 Å². The lowest BCUT2D eigenvalue weighted by atomic mass is 9.81. The lowest BCUT2D eigenvalue weighted by Gasteiger charge is -2.40. The number of hydrazine groups is 1. The van der Waals surface area contributed by atoms with Crippen LogP contribution in [0.1, 0.15) is 115 Å². The Morgan fingerprint density at radius 2 is 1.60 bits per heavy atom. The minimum atomic E-state index is -1.06. The van der Waals surface area contributed by atoms with Gasteiger partial charge >= 0.3 is 5.91 Å². The average Bonchev–Trinajstić information content (AvgIpc) is 3.55. The number of ketones is 1. The van der Waals surface area contributed by atoms with Gasteiger partial charge in [-0.2, -0.15) is 0 Å². The Bertz CT molecular complexity index is 1460. The van der Waals surface area contributed by atoms with Gasteiger partial charge in [-0.05, 0) is 55.8 Å². The van der Waals surface area contributed by atoms with Gasteiger partial charge in [-0.3, -0.25) is 39.2 Å². The minimum absolute atomic E-state index is 0.0889. The Kier molecular flexibility index (Phi) is 13.9. The predicted octanol–water partition coefficient (Wildman–Crippen LogP) is 2.06. The number of hydrogen-bond acceptors (Lipinski definition) is 10. The summed E-state index contributed by atoms with van der Waals surface area (Å²) in [5.41, 5.74) is 1.98. The first-order valence-electron chi connectivity index (χ1n) is 19.6. The van der Waals surface area contributed by atoms with Crippen molar-refractivity contribution in [3.05, 3.63) is 24.3 Å². The molecular formula is C38H58N8O7. The quantitative estimate of drug-likeness (QED) is 0.218. The van der Waals surface area contributed by atoms with Crippen LogP contribution >= 0.6 is 0 Å². The van der Waals surface area contributed by atoms with E-state index >= 15 is 0 Å². The van der Waals surface area contributed by atoms with E-state index in [9.17, 15) is 28.8 Å². The normalized spacial score (nSPS) is 24.2. The van der Waals surface area contributed by atoms with Gasteiger partial charge in [0.1, 0.15) is 23.8 Å². The smallest absolute Gasteiger partial charge is 0.303 e. The number of Topliss-reactive ketones (excluding diaryl/α,β-unsaturated/α-hetero) is 1. The Balaban J connectivity index is 1.36. The minimum Gasteiger partial charge on any atom is -0.379 e. The molecule has 5 amide bonds. The largest absolute Gasteiger partial charge is 0.379 e. The van der Waals surface area contributed by atoms with E-state index in [2.05, 4.69) is 31.3 Å². The van der Waals surface area contributed by atoms with E-state index in [-0.39, 0.29) is 35.9 Å². The molecule has 15 heteroatoms. The molecule has 0 bridgehead atoms. The number of hydrogen-bond donors (Lipinski definition) is 4. The molecule has 4 N–H and O–H groups in total. The van der Waals surface area contributed by atoms with Crippen LogP contribution in [-0.4, -0.2) is 112 Å². The highest BCUT2D eigenvalue weighted by molar-refractivity contribution is 6.38. The lowest BCUT2D eigenvalue weighted by Crippen LogP contribution is -2.63. The van der Waals surface area contributed by atoms with Crippen molar-refractivity contribution < 1.29 is 33.5 Å². The molecule has 4 fully saturated rings. The molecule has 2 saturated heterocycles. The highest BCUT2D eigenvalue weighted by atomic mass is 16.5. The van der Waals surface area contributed by atoms with Gasteiger partial charge < -0.3 is 25.6 Å². The van der Waals surface area contributed by atoms with E-state index in [4.69, 9.17) is 4.74 Å². The second-order valence-electron chi connectivity index (χ2n) is 16.1. The first kappa shape index (κ1) is 40.2. The summed E-state index contributed by atoms with van der Waals surface area (Å²) in [5, 5.41) is 10.4. The van der Waals surface area contributed by atoms with E-state index < -0.39 is 59.0 Å². The maximum absolute atomic E-state index is 14.9. The van der Waals surface area contributed by atoms with Gasteiger partial charge in [-0.1, -0.05) is 66.2 Å². The van der Waals surface area contributed by atoms with Crippen LogP contribution in [0, 0.1) is 17.3 Å². The van der Waals surface area contributed by atoms with Crippen molar-refractivity contribution in [2.24, 2.45) is 17.3 Å². The standard InChI is InChI=1S/C38H58N8O7/c1-5-11-26(31(47)36(51)44-45-18-20-53-21-19-45)41-34(49)29-22-25-14-9-10-15-28(25)46(29)37(52)32(38(2,3)4)43-35(50)30(24-12-7-6-8-13-24)42-33(48)27-23-39-16-17-40-27/h16-17,23-26,28-30,32H,5-15,18-22H2,1-4H3,(H,41,49)(H,42,48)(H,43,50)(H,44,51)/t25-,26-,28-,29-,30-,32+/m0/s1. The number of amides is 5. The molecule has 0 unspecified atom stereocenters. The molecule has 0 radical (unpaired) electrons. The maximum atomic E-state index is 14.9. The number of aromatic nitrogens is 2. The van der Waals surface area contributed by atoms with E-state index in [0.29, 0.717) is 39.1 Å². The van der Waals surface area contributed by atoms with Crippen molar-refractivity contribution in [3.8, 4) is 0 Å². The molecule has 2 aliphatic heterocycles. The summed E-state index contributed by atoms with van der Waals surface area (Å²) in [6.45, 7) is 9.26. The number of likely N-dealkylation sites (tertiary alicyclic amines) is 1. The number of carbonyl (C=O) groups excluding carboxylic acids is 6. The molecule has 2 aliphatic carbocycles. The van der Waals surface area contributed by atoms with Crippen LogP contribution in [0.2, 0.25) is 0 Å². The Labute approximate surface area is 312 Å². The van der Waals surface area contributed by atoms with Crippen molar-refractivity contribution in [1.82, 2.24) is 41.3 Å². The molecule has 0 aromatic carbocycles. The highest BCUT2D eigenvalue weighted by Gasteiger charge is 2.51. The van der Waals surface area contributed by atoms with Crippen LogP contribution in [0.3, 0.4) is 0 Å². The summed E-state index contributed by atoms with van der Waals surface area (Å²) in [6.07, 6.45) is 13.4. The summed E-state index contributed by atoms with van der Waals surface area (Å²) in [6, 6.07) is -4.05. The van der Waals surface area contributed by atoms with Gasteiger partial charge in [-0.25, -0.2) is 9.99 Å². The van der Waals surface area contributed by atoms with Crippen LogP contribution < -0.4 is 21.4 Å². The zero-order chi connectivity index (χ0) is 38.1. The number of ether oxygens (including phenoxy) is 1. The predicted molar refractivity (Wildman–Crippen MR) is 195 cm³/mol. The van der Waals surface area contributed by atoms with Crippen molar-refractivity contribution >= 4 is 35.3 Å². The fraction of sp³-hybridized carbons (Fsp3) is 0.737. The summed E-state index contributed by atoms with van der Waals surface area (Å²) < 4.78 is 5.33. The second kappa shape index (κ2) is 18.4. The third-order valence-electron chi connectivity index (χ3n) is 11.2. The number of rotatable bonds is 13. The molecule has 2 saturated carbocycles. The summed E-state index contributed by atoms with van der Waals surface area (Å²) >= 11 is 0. The molecule has 292 valence electrons. The molecule has 1 aromatic rings. The van der Waals surface area contributed by atoms with Gasteiger partial charge in [0.2, 0.25) is 23.5 Å². The molecule has 15 nitrogen and oxygen atoms in total. The number of nitrogens with one attached hydrogen (secondary N) is 4. The second-order valence-corrected chi connectivity index (χ2v) is 16.1. The Morgan fingerprint density at radius 3 is 2.26 bits per heavy atom. The molecular weight excluding hydrogens is 680 g/mol. The van der Waals surface area contributed by atoms with E-state index in [0.717, 1.165) is 57.8 Å². The summed E-state index contributed by atoms with van der Waals surface area (Å²) in [5.74, 6) is -3.39. The molecule has 1 aromatic heterocycles. The fourth-order valence-electron chi connectivity index (χ4n) is 8.39. The third-order valence-corrected chi connectivity index (χ3v) is 11.2. The number of carbonyl (C=O) groups is 6. The van der Waals surface area contributed by atoms with E-state index in [1.54, 1.807) is 9.91 Å². The van der Waals surface area contributed by atoms with Gasteiger partial charge in [0.25, 0.3) is 5.91 Å². The molecule has 6 atom stereocenters. The molecule has 0 spiro atoms. The topological polar surface area (TPSA) is 192 Å². The van der Waals surface area contributed by atoms with Gasteiger partial charge in [0, 0.05) is 31.5 Å². The fourth-order valence-corrected chi connectivity index (χ4v) is 8.39. The molecule has 5 rings (SSSR count). The zero-order valence-electron chi connectivity index (χ0n) is 31.7. The average molecular weight is 739 g/mol. The van der Waals surface area contributed by atoms with Crippen molar-refractivity contribution in [3.63, 3.8) is 0 Å². The Morgan fingerprint density at radius 1 is 0.906 bits per heavy atom. The first-order valence-corrected chi connectivity index (χ1v) is 19.6. The van der Waals surface area contributed by atoms with Gasteiger partial charge in [0.15, 0.2) is 0 Å². The van der Waals surface area contributed by atoms with Crippen LogP contribution in [0.4, 0.5) is 0 Å². The molecule has 4 aliphatic rings. The molecule has 53 heavy (non-hydrogen) atoms. The first-order chi connectivity index (χ1) is 25.4. The number of nitrogens with zero attached hydrogens (tertiary/aromatic N) is 4. The van der Waals surface area contributed by atoms with Gasteiger partial charge in [-0.15, -0.1) is 0 Å². The zero-order valence-corrected chi connectivity index (χ0v) is 31.7. The molecule has 3 heterocycles. The van der Waals surface area contributed by atoms with Crippen molar-refractivity contribution in [2.45, 2.75) is 135 Å². The SMILES string of the molecule is CCC[C@H](NC(=O)[C@@H]1C[C@@H]2CCCC[C@@H]2N1C(=O)[C@@H](NC(=O)[C@@H](NC(=O)c1cnccn1)C1CCCCC1)C(C)(C)C)C(=O)C(=O)NN1CCOCC1. The number of fused-ring (bicyclic) bond motifs is 1.